The summed E-state index contributed by atoms with van der Waals surface area (Å²) in [5.74, 6) is 0.654. The van der Waals surface area contributed by atoms with Gasteiger partial charge in [-0.25, -0.2) is 9.13 Å². The smallest absolute Gasteiger partial charge is 0.303 e. The molecule has 0 spiro atoms. The normalized spacial score (nSPS) is 10.9. The zero-order chi connectivity index (χ0) is 14.8. The van der Waals surface area contributed by atoms with Gasteiger partial charge in [0.1, 0.15) is 12.4 Å². The van der Waals surface area contributed by atoms with Gasteiger partial charge in [0.15, 0.2) is 0 Å². The molecule has 0 amide bonds. The lowest BCUT2D eigenvalue weighted by atomic mass is 10.2. The number of aryl methyl sites for hydroxylation is 2. The number of hydrogen-bond donors (Lipinski definition) is 1. The first kappa shape index (κ1) is 16.7. The quantitative estimate of drug-likeness (QED) is 0.500. The number of carbonyl (C=O) groups is 1. The zero-order valence-corrected chi connectivity index (χ0v) is 13.0. The summed E-state index contributed by atoms with van der Waals surface area (Å²) in [6.45, 7) is 6.31. The van der Waals surface area contributed by atoms with Crippen molar-refractivity contribution in [2.75, 3.05) is 0 Å². The van der Waals surface area contributed by atoms with Crippen LogP contribution in [0.3, 0.4) is 0 Å². The third-order valence-electron chi connectivity index (χ3n) is 3.64. The SMILES string of the molecule is CCCCCc1n(CCCC)cc[n+]1CCCC(=O)O. The zero-order valence-electron chi connectivity index (χ0n) is 13.0. The van der Waals surface area contributed by atoms with Gasteiger partial charge >= 0.3 is 5.97 Å². The van der Waals surface area contributed by atoms with Crippen LogP contribution in [0.25, 0.3) is 0 Å². The number of aromatic nitrogens is 2. The van der Waals surface area contributed by atoms with Crippen molar-refractivity contribution in [3.8, 4) is 0 Å². The molecule has 1 aromatic heterocycles. The minimum Gasteiger partial charge on any atom is -0.481 e. The summed E-state index contributed by atoms with van der Waals surface area (Å²) < 4.78 is 4.59. The third-order valence-corrected chi connectivity index (χ3v) is 3.64. The molecular weight excluding hydrogens is 252 g/mol. The highest BCUT2D eigenvalue weighted by Gasteiger charge is 2.16. The number of carboxylic acids is 1. The van der Waals surface area contributed by atoms with E-state index in [1.54, 1.807) is 0 Å². The Morgan fingerprint density at radius 3 is 2.60 bits per heavy atom. The second kappa shape index (κ2) is 9.56. The van der Waals surface area contributed by atoms with Crippen molar-refractivity contribution in [3.05, 3.63) is 18.2 Å². The Hall–Kier alpha value is -1.32. The predicted molar refractivity (Wildman–Crippen MR) is 79.6 cm³/mol. The van der Waals surface area contributed by atoms with Crippen LogP contribution in [-0.4, -0.2) is 15.6 Å². The second-order valence-electron chi connectivity index (χ2n) is 5.41. The fourth-order valence-electron chi connectivity index (χ4n) is 2.45. The van der Waals surface area contributed by atoms with Gasteiger partial charge in [-0.2, -0.15) is 0 Å². The Kier molecular flexibility index (Phi) is 8.00. The number of hydrogen-bond acceptors (Lipinski definition) is 1. The minimum atomic E-state index is -0.705. The molecule has 4 nitrogen and oxygen atoms in total. The van der Waals surface area contributed by atoms with Gasteiger partial charge < -0.3 is 5.11 Å². The first-order valence-corrected chi connectivity index (χ1v) is 7.98. The lowest BCUT2D eigenvalue weighted by Gasteiger charge is -2.05. The summed E-state index contributed by atoms with van der Waals surface area (Å²) in [5.41, 5.74) is 0. The van der Waals surface area contributed by atoms with Crippen molar-refractivity contribution >= 4 is 5.97 Å². The first-order valence-electron chi connectivity index (χ1n) is 7.98. The van der Waals surface area contributed by atoms with Crippen molar-refractivity contribution in [2.45, 2.75) is 78.3 Å². The van der Waals surface area contributed by atoms with Crippen LogP contribution in [-0.2, 0) is 24.3 Å². The maximum atomic E-state index is 10.6. The predicted octanol–water partition coefficient (Wildman–Crippen LogP) is 3.17. The lowest BCUT2D eigenvalue weighted by Crippen LogP contribution is -2.37. The minimum absolute atomic E-state index is 0.252. The molecule has 0 aliphatic rings. The molecule has 0 fully saturated rings. The standard InChI is InChI=1S/C16H28N2O2/c1-3-5-7-9-15-17(11-6-4-2)13-14-18(15)12-8-10-16(19)20/h13-14H,3-12H2,1-2H3/p+1. The summed E-state index contributed by atoms with van der Waals surface area (Å²) in [6, 6.07) is 0. The molecule has 0 aliphatic carbocycles. The molecule has 1 rings (SSSR count). The van der Waals surface area contributed by atoms with Gasteiger partial charge in [0.05, 0.1) is 13.1 Å². The van der Waals surface area contributed by atoms with Crippen LogP contribution in [0.1, 0.15) is 64.6 Å². The van der Waals surface area contributed by atoms with E-state index in [9.17, 15) is 4.79 Å². The Bertz CT molecular complexity index is 399. The largest absolute Gasteiger partial charge is 0.481 e. The lowest BCUT2D eigenvalue weighted by molar-refractivity contribution is -0.704. The molecule has 0 radical (unpaired) electrons. The van der Waals surface area contributed by atoms with E-state index >= 15 is 0 Å². The van der Waals surface area contributed by atoms with Crippen LogP contribution in [0.2, 0.25) is 0 Å². The molecule has 0 unspecified atom stereocenters. The Labute approximate surface area is 122 Å². The Morgan fingerprint density at radius 2 is 1.95 bits per heavy atom. The molecule has 114 valence electrons. The van der Waals surface area contributed by atoms with Gasteiger partial charge in [0.25, 0.3) is 5.82 Å². The average molecular weight is 281 g/mol. The summed E-state index contributed by atoms with van der Waals surface area (Å²) in [6.07, 6.45) is 12.4. The average Bonchev–Trinajstić information content (AvgIpc) is 2.79. The highest BCUT2D eigenvalue weighted by Crippen LogP contribution is 2.06. The number of aliphatic carboxylic acids is 1. The summed E-state index contributed by atoms with van der Waals surface area (Å²) in [7, 11) is 0. The molecule has 20 heavy (non-hydrogen) atoms. The van der Waals surface area contributed by atoms with E-state index < -0.39 is 5.97 Å². The molecular formula is C16H29N2O2+. The molecule has 1 heterocycles. The fourth-order valence-corrected chi connectivity index (χ4v) is 2.45. The third kappa shape index (κ3) is 5.76. The van der Waals surface area contributed by atoms with E-state index in [0.29, 0.717) is 6.42 Å². The number of rotatable bonds is 11. The van der Waals surface area contributed by atoms with Crippen LogP contribution in [0.4, 0.5) is 0 Å². The maximum Gasteiger partial charge on any atom is 0.303 e. The summed E-state index contributed by atoms with van der Waals surface area (Å²) in [5, 5.41) is 8.74. The molecule has 0 saturated carbocycles. The van der Waals surface area contributed by atoms with Crippen molar-refractivity contribution in [1.82, 2.24) is 4.57 Å². The fraction of sp³-hybridized carbons (Fsp3) is 0.750. The topological polar surface area (TPSA) is 46.1 Å². The molecule has 0 bridgehead atoms. The second-order valence-corrected chi connectivity index (χ2v) is 5.41. The monoisotopic (exact) mass is 281 g/mol. The molecule has 1 aromatic rings. The van der Waals surface area contributed by atoms with E-state index in [2.05, 4.69) is 35.4 Å². The molecule has 0 atom stereocenters. The van der Waals surface area contributed by atoms with Crippen LogP contribution >= 0.6 is 0 Å². The number of imidazole rings is 1. The molecule has 1 N–H and O–H groups in total. The molecule has 0 aromatic carbocycles. The van der Waals surface area contributed by atoms with Gasteiger partial charge in [-0.1, -0.05) is 33.1 Å². The molecule has 0 saturated heterocycles. The maximum absolute atomic E-state index is 10.6. The van der Waals surface area contributed by atoms with E-state index in [4.69, 9.17) is 5.11 Å². The molecule has 0 aliphatic heterocycles. The van der Waals surface area contributed by atoms with Crippen LogP contribution < -0.4 is 4.57 Å². The van der Waals surface area contributed by atoms with Gasteiger partial charge in [-0.15, -0.1) is 0 Å². The number of nitrogens with zero attached hydrogens (tertiary/aromatic N) is 2. The number of carboxylic acid groups (broad SMARTS) is 1. The van der Waals surface area contributed by atoms with E-state index in [0.717, 1.165) is 19.5 Å². The van der Waals surface area contributed by atoms with Gasteiger partial charge in [-0.05, 0) is 19.3 Å². The highest BCUT2D eigenvalue weighted by molar-refractivity contribution is 5.66. The first-order chi connectivity index (χ1) is 9.69. The summed E-state index contributed by atoms with van der Waals surface area (Å²) >= 11 is 0. The Morgan fingerprint density at radius 1 is 1.20 bits per heavy atom. The van der Waals surface area contributed by atoms with Crippen molar-refractivity contribution in [1.29, 1.82) is 0 Å². The van der Waals surface area contributed by atoms with Crippen LogP contribution in [0, 0.1) is 0 Å². The van der Waals surface area contributed by atoms with Gasteiger partial charge in [0.2, 0.25) is 0 Å². The van der Waals surface area contributed by atoms with Crippen molar-refractivity contribution < 1.29 is 14.5 Å². The van der Waals surface area contributed by atoms with Crippen molar-refractivity contribution in [3.63, 3.8) is 0 Å². The summed E-state index contributed by atoms with van der Waals surface area (Å²) in [4.78, 5) is 10.6. The van der Waals surface area contributed by atoms with Gasteiger partial charge in [0, 0.05) is 12.8 Å². The van der Waals surface area contributed by atoms with Crippen LogP contribution in [0.15, 0.2) is 12.4 Å². The van der Waals surface area contributed by atoms with Crippen molar-refractivity contribution in [2.24, 2.45) is 0 Å². The van der Waals surface area contributed by atoms with E-state index in [-0.39, 0.29) is 6.42 Å². The van der Waals surface area contributed by atoms with Gasteiger partial charge in [-0.3, -0.25) is 4.79 Å². The highest BCUT2D eigenvalue weighted by atomic mass is 16.4. The van der Waals surface area contributed by atoms with Crippen LogP contribution in [0.5, 0.6) is 0 Å². The molecule has 4 heteroatoms. The Balaban J connectivity index is 2.64. The van der Waals surface area contributed by atoms with E-state index in [1.807, 2.05) is 0 Å². The number of unbranched alkanes of at least 4 members (excludes halogenated alkanes) is 3. The van der Waals surface area contributed by atoms with E-state index in [1.165, 1.54) is 37.9 Å².